The summed E-state index contributed by atoms with van der Waals surface area (Å²) in [6.07, 6.45) is 3.69. The number of hydrogen-bond acceptors (Lipinski definition) is 0. The molecule has 0 spiro atoms. The molecule has 7 heavy (non-hydrogen) atoms. The van der Waals surface area contributed by atoms with E-state index >= 15 is 0 Å². The number of rotatable bonds is 3. The Morgan fingerprint density at radius 2 is 2.14 bits per heavy atom. The molecule has 0 heterocycles. The third kappa shape index (κ3) is 6.29. The van der Waals surface area contributed by atoms with Crippen molar-refractivity contribution < 1.29 is 0 Å². The molecule has 0 fully saturated rings. The number of hydrogen-bond donors (Lipinski definition) is 0. The molecule has 0 aliphatic rings. The van der Waals surface area contributed by atoms with Crippen molar-refractivity contribution in [2.24, 2.45) is 0 Å². The zero-order valence-electron chi connectivity index (χ0n) is 5.08. The van der Waals surface area contributed by atoms with Crippen LogP contribution in [0.5, 0.6) is 0 Å². The SMILES string of the molecule is CCCC[C@H](C)Cl. The molecule has 0 bridgehead atoms. The monoisotopic (exact) mass is 120 g/mol. The van der Waals surface area contributed by atoms with Crippen molar-refractivity contribution in [2.75, 3.05) is 0 Å². The van der Waals surface area contributed by atoms with Gasteiger partial charge in [-0.25, -0.2) is 0 Å². The maximum absolute atomic E-state index is 5.66. The van der Waals surface area contributed by atoms with E-state index in [0.29, 0.717) is 5.38 Å². The van der Waals surface area contributed by atoms with E-state index in [4.69, 9.17) is 11.6 Å². The Labute approximate surface area is 50.9 Å². The van der Waals surface area contributed by atoms with Gasteiger partial charge in [0, 0.05) is 5.38 Å². The van der Waals surface area contributed by atoms with Gasteiger partial charge in [0.25, 0.3) is 0 Å². The van der Waals surface area contributed by atoms with Crippen LogP contribution in [0, 0.1) is 0 Å². The molecule has 0 radical (unpaired) electrons. The van der Waals surface area contributed by atoms with Gasteiger partial charge in [0.2, 0.25) is 0 Å². The largest absolute Gasteiger partial charge is 0.123 e. The van der Waals surface area contributed by atoms with E-state index in [9.17, 15) is 0 Å². The highest BCUT2D eigenvalue weighted by atomic mass is 35.5. The molecule has 0 aliphatic carbocycles. The van der Waals surface area contributed by atoms with Crippen LogP contribution in [0.4, 0.5) is 0 Å². The molecule has 0 saturated carbocycles. The maximum atomic E-state index is 5.66. The Morgan fingerprint density at radius 1 is 1.57 bits per heavy atom. The lowest BCUT2D eigenvalue weighted by Crippen LogP contribution is -1.87. The molecule has 0 unspecified atom stereocenters. The van der Waals surface area contributed by atoms with Crippen molar-refractivity contribution in [2.45, 2.75) is 38.5 Å². The summed E-state index contributed by atoms with van der Waals surface area (Å²) in [4.78, 5) is 0. The summed E-state index contributed by atoms with van der Waals surface area (Å²) in [5.41, 5.74) is 0. The lowest BCUT2D eigenvalue weighted by atomic mass is 10.2. The van der Waals surface area contributed by atoms with Crippen LogP contribution in [0.3, 0.4) is 0 Å². The standard InChI is InChI=1S/C6H13Cl/c1-3-4-5-6(2)7/h6H,3-5H2,1-2H3/t6-/m0/s1. The van der Waals surface area contributed by atoms with E-state index in [1.807, 2.05) is 6.92 Å². The second kappa shape index (κ2) is 4.45. The quantitative estimate of drug-likeness (QED) is 0.503. The average molecular weight is 121 g/mol. The third-order valence-electron chi connectivity index (χ3n) is 0.955. The van der Waals surface area contributed by atoms with Crippen molar-refractivity contribution in [3.8, 4) is 0 Å². The van der Waals surface area contributed by atoms with Crippen molar-refractivity contribution in [1.82, 2.24) is 0 Å². The fourth-order valence-electron chi connectivity index (χ4n) is 0.485. The molecular weight excluding hydrogens is 108 g/mol. The first-order valence-corrected chi connectivity index (χ1v) is 3.35. The normalized spacial score (nSPS) is 14.1. The van der Waals surface area contributed by atoms with Gasteiger partial charge in [-0.3, -0.25) is 0 Å². The first kappa shape index (κ1) is 7.29. The first-order chi connectivity index (χ1) is 3.27. The minimum atomic E-state index is 0.375. The zero-order valence-corrected chi connectivity index (χ0v) is 5.83. The lowest BCUT2D eigenvalue weighted by Gasteiger charge is -1.96. The Balaban J connectivity index is 2.68. The smallest absolute Gasteiger partial charge is 0.0307 e. The summed E-state index contributed by atoms with van der Waals surface area (Å²) in [5.74, 6) is 0. The highest BCUT2D eigenvalue weighted by Crippen LogP contribution is 2.04. The Kier molecular flexibility index (Phi) is 4.63. The van der Waals surface area contributed by atoms with Crippen LogP contribution in [-0.2, 0) is 0 Å². The summed E-state index contributed by atoms with van der Waals surface area (Å²) in [6.45, 7) is 4.22. The highest BCUT2D eigenvalue weighted by Gasteiger charge is 1.91. The van der Waals surface area contributed by atoms with E-state index in [0.717, 1.165) is 6.42 Å². The van der Waals surface area contributed by atoms with Gasteiger partial charge in [-0.15, -0.1) is 11.6 Å². The van der Waals surface area contributed by atoms with Gasteiger partial charge in [0.05, 0.1) is 0 Å². The molecule has 44 valence electrons. The Bertz CT molecular complexity index is 33.2. The fraction of sp³-hybridized carbons (Fsp3) is 1.00. The number of unbranched alkanes of at least 4 members (excludes halogenated alkanes) is 1. The summed E-state index contributed by atoms with van der Waals surface area (Å²) in [7, 11) is 0. The minimum absolute atomic E-state index is 0.375. The Hall–Kier alpha value is 0.290. The van der Waals surface area contributed by atoms with Gasteiger partial charge in [-0.2, -0.15) is 0 Å². The molecule has 0 nitrogen and oxygen atoms in total. The molecule has 0 aromatic rings. The molecule has 1 heteroatoms. The second-order valence-electron chi connectivity index (χ2n) is 1.92. The molecule has 1 atom stereocenters. The van der Waals surface area contributed by atoms with Crippen molar-refractivity contribution in [1.29, 1.82) is 0 Å². The second-order valence-corrected chi connectivity index (χ2v) is 2.67. The van der Waals surface area contributed by atoms with Crippen molar-refractivity contribution >= 4 is 11.6 Å². The number of alkyl halides is 1. The van der Waals surface area contributed by atoms with Crippen LogP contribution >= 0.6 is 11.6 Å². The highest BCUT2D eigenvalue weighted by molar-refractivity contribution is 6.20. The van der Waals surface area contributed by atoms with E-state index in [-0.39, 0.29) is 0 Å². The summed E-state index contributed by atoms with van der Waals surface area (Å²) >= 11 is 5.66. The van der Waals surface area contributed by atoms with E-state index in [1.165, 1.54) is 12.8 Å². The molecule has 0 aromatic heterocycles. The Morgan fingerprint density at radius 3 is 2.29 bits per heavy atom. The average Bonchev–Trinajstić information content (AvgIpc) is 1.61. The summed E-state index contributed by atoms with van der Waals surface area (Å²) < 4.78 is 0. The molecule has 0 aromatic carbocycles. The maximum Gasteiger partial charge on any atom is 0.0307 e. The van der Waals surface area contributed by atoms with Crippen LogP contribution in [0.15, 0.2) is 0 Å². The van der Waals surface area contributed by atoms with Crippen LogP contribution in [0.25, 0.3) is 0 Å². The van der Waals surface area contributed by atoms with Crippen molar-refractivity contribution in [3.63, 3.8) is 0 Å². The van der Waals surface area contributed by atoms with Gasteiger partial charge in [0.1, 0.15) is 0 Å². The van der Waals surface area contributed by atoms with Crippen LogP contribution < -0.4 is 0 Å². The first-order valence-electron chi connectivity index (χ1n) is 2.91. The van der Waals surface area contributed by atoms with Gasteiger partial charge < -0.3 is 0 Å². The molecule has 0 rings (SSSR count). The van der Waals surface area contributed by atoms with Gasteiger partial charge >= 0.3 is 0 Å². The lowest BCUT2D eigenvalue weighted by molar-refractivity contribution is 0.708. The van der Waals surface area contributed by atoms with Crippen LogP contribution in [0.2, 0.25) is 0 Å². The molecule has 0 amide bonds. The topological polar surface area (TPSA) is 0 Å². The molecule has 0 aliphatic heterocycles. The van der Waals surface area contributed by atoms with Crippen molar-refractivity contribution in [3.05, 3.63) is 0 Å². The molecular formula is C6H13Cl. The zero-order chi connectivity index (χ0) is 5.70. The molecule has 0 saturated heterocycles. The summed E-state index contributed by atoms with van der Waals surface area (Å²) in [5, 5.41) is 0.375. The van der Waals surface area contributed by atoms with Gasteiger partial charge in [-0.05, 0) is 13.3 Å². The van der Waals surface area contributed by atoms with Crippen LogP contribution in [-0.4, -0.2) is 5.38 Å². The molecule has 0 N–H and O–H groups in total. The minimum Gasteiger partial charge on any atom is -0.123 e. The number of halogens is 1. The van der Waals surface area contributed by atoms with E-state index in [2.05, 4.69) is 6.92 Å². The van der Waals surface area contributed by atoms with E-state index in [1.54, 1.807) is 0 Å². The van der Waals surface area contributed by atoms with Gasteiger partial charge in [0.15, 0.2) is 0 Å². The van der Waals surface area contributed by atoms with E-state index < -0.39 is 0 Å². The third-order valence-corrected chi connectivity index (χ3v) is 1.17. The van der Waals surface area contributed by atoms with Gasteiger partial charge in [-0.1, -0.05) is 19.8 Å². The fourth-order valence-corrected chi connectivity index (χ4v) is 0.640. The summed E-state index contributed by atoms with van der Waals surface area (Å²) in [6, 6.07) is 0. The predicted molar refractivity (Wildman–Crippen MR) is 34.8 cm³/mol. The predicted octanol–water partition coefficient (Wildman–Crippen LogP) is 2.80. The van der Waals surface area contributed by atoms with Crippen LogP contribution in [0.1, 0.15) is 33.1 Å².